The summed E-state index contributed by atoms with van der Waals surface area (Å²) in [5.74, 6) is 0.473. The van der Waals surface area contributed by atoms with Gasteiger partial charge >= 0.3 is 0 Å². The second-order valence-corrected chi connectivity index (χ2v) is 5.76. The van der Waals surface area contributed by atoms with Gasteiger partial charge in [-0.2, -0.15) is 0 Å². The number of carbonyl (C=O) groups excluding carboxylic acids is 1. The van der Waals surface area contributed by atoms with Crippen molar-refractivity contribution in [1.82, 2.24) is 0 Å². The van der Waals surface area contributed by atoms with E-state index in [1.807, 2.05) is 6.92 Å². The molecule has 1 atom stereocenters. The number of anilines is 2. The van der Waals surface area contributed by atoms with Crippen LogP contribution in [0.3, 0.4) is 0 Å². The van der Waals surface area contributed by atoms with Crippen molar-refractivity contribution in [3.05, 3.63) is 23.2 Å². The van der Waals surface area contributed by atoms with Crippen molar-refractivity contribution in [3.63, 3.8) is 0 Å². The molecule has 1 aromatic carbocycles. The first kappa shape index (κ1) is 16.8. The molecule has 112 valence electrons. The van der Waals surface area contributed by atoms with Gasteiger partial charge in [-0.15, -0.1) is 0 Å². The highest BCUT2D eigenvalue weighted by Gasteiger charge is 2.09. The molecule has 20 heavy (non-hydrogen) atoms. The second-order valence-electron chi connectivity index (χ2n) is 5.35. The first-order chi connectivity index (χ1) is 9.38. The Hall–Kier alpha value is -1.26. The van der Waals surface area contributed by atoms with E-state index in [1.165, 1.54) is 0 Å². The van der Waals surface area contributed by atoms with Gasteiger partial charge in [0.2, 0.25) is 5.91 Å². The number of hydrogen-bond donors (Lipinski definition) is 2. The van der Waals surface area contributed by atoms with E-state index in [4.69, 9.17) is 22.1 Å². The molecule has 1 amide bonds. The van der Waals surface area contributed by atoms with E-state index in [9.17, 15) is 4.79 Å². The lowest BCUT2D eigenvalue weighted by atomic mass is 10.1. The Morgan fingerprint density at radius 1 is 1.40 bits per heavy atom. The summed E-state index contributed by atoms with van der Waals surface area (Å²) < 4.78 is 5.60. The van der Waals surface area contributed by atoms with E-state index >= 15 is 0 Å². The molecule has 0 saturated carbocycles. The SMILES string of the molecule is CC(C)CC(C)OCCC(=O)Nc1ccc(N)cc1Cl. The number of nitrogens with two attached hydrogens (primary N) is 1. The number of amides is 1. The number of nitrogens with one attached hydrogen (secondary N) is 1. The quantitative estimate of drug-likeness (QED) is 0.754. The van der Waals surface area contributed by atoms with Crippen LogP contribution in [-0.2, 0) is 9.53 Å². The Morgan fingerprint density at radius 3 is 2.70 bits per heavy atom. The van der Waals surface area contributed by atoms with Crippen LogP contribution in [0.1, 0.15) is 33.6 Å². The molecule has 0 fully saturated rings. The van der Waals surface area contributed by atoms with Crippen LogP contribution >= 0.6 is 11.6 Å². The van der Waals surface area contributed by atoms with Crippen LogP contribution in [0.25, 0.3) is 0 Å². The molecule has 1 unspecified atom stereocenters. The molecule has 3 N–H and O–H groups in total. The number of ether oxygens (including phenoxy) is 1. The minimum atomic E-state index is -0.117. The minimum absolute atomic E-state index is 0.117. The number of carbonyl (C=O) groups is 1. The zero-order chi connectivity index (χ0) is 15.1. The highest BCUT2D eigenvalue weighted by atomic mass is 35.5. The molecule has 0 aliphatic heterocycles. The van der Waals surface area contributed by atoms with Crippen LogP contribution in [0.4, 0.5) is 11.4 Å². The molecule has 0 heterocycles. The van der Waals surface area contributed by atoms with Gasteiger partial charge < -0.3 is 15.8 Å². The number of benzene rings is 1. The predicted molar refractivity (Wildman–Crippen MR) is 84.0 cm³/mol. The highest BCUT2D eigenvalue weighted by Crippen LogP contribution is 2.24. The molecule has 5 heteroatoms. The van der Waals surface area contributed by atoms with E-state index < -0.39 is 0 Å². The maximum atomic E-state index is 11.8. The van der Waals surface area contributed by atoms with Gasteiger partial charge in [0.25, 0.3) is 0 Å². The van der Waals surface area contributed by atoms with Crippen LogP contribution in [-0.4, -0.2) is 18.6 Å². The molecular weight excluding hydrogens is 276 g/mol. The molecule has 0 aliphatic rings. The van der Waals surface area contributed by atoms with Gasteiger partial charge in [-0.25, -0.2) is 0 Å². The summed E-state index contributed by atoms with van der Waals surface area (Å²) in [4.78, 5) is 11.8. The number of nitrogen functional groups attached to an aromatic ring is 1. The normalized spacial score (nSPS) is 12.4. The maximum absolute atomic E-state index is 11.8. The van der Waals surface area contributed by atoms with E-state index in [0.29, 0.717) is 35.3 Å². The summed E-state index contributed by atoms with van der Waals surface area (Å²) in [6.07, 6.45) is 1.47. The first-order valence-electron chi connectivity index (χ1n) is 6.85. The third-order valence-corrected chi connectivity index (χ3v) is 3.11. The Kier molecular flexibility index (Phi) is 6.82. The summed E-state index contributed by atoms with van der Waals surface area (Å²) in [5.41, 5.74) is 6.73. The third kappa shape index (κ3) is 6.26. The summed E-state index contributed by atoms with van der Waals surface area (Å²) >= 11 is 5.99. The van der Waals surface area contributed by atoms with Crippen LogP contribution < -0.4 is 11.1 Å². The van der Waals surface area contributed by atoms with Crippen molar-refractivity contribution in [2.75, 3.05) is 17.7 Å². The first-order valence-corrected chi connectivity index (χ1v) is 7.22. The van der Waals surface area contributed by atoms with Crippen molar-refractivity contribution < 1.29 is 9.53 Å². The largest absolute Gasteiger partial charge is 0.399 e. The van der Waals surface area contributed by atoms with E-state index in [0.717, 1.165) is 6.42 Å². The fourth-order valence-corrected chi connectivity index (χ4v) is 2.17. The van der Waals surface area contributed by atoms with Crippen molar-refractivity contribution in [2.24, 2.45) is 5.92 Å². The Morgan fingerprint density at radius 2 is 2.10 bits per heavy atom. The van der Waals surface area contributed by atoms with Gasteiger partial charge in [0.15, 0.2) is 0 Å². The van der Waals surface area contributed by atoms with E-state index in [2.05, 4.69) is 19.2 Å². The molecule has 0 saturated heterocycles. The van der Waals surface area contributed by atoms with Crippen LogP contribution in [0, 0.1) is 5.92 Å². The molecular formula is C15H23ClN2O2. The summed E-state index contributed by atoms with van der Waals surface area (Å²) in [5, 5.41) is 3.18. The van der Waals surface area contributed by atoms with Gasteiger partial charge in [-0.3, -0.25) is 4.79 Å². The fourth-order valence-electron chi connectivity index (χ4n) is 1.93. The van der Waals surface area contributed by atoms with E-state index in [-0.39, 0.29) is 12.0 Å². The topological polar surface area (TPSA) is 64.3 Å². The fraction of sp³-hybridized carbons (Fsp3) is 0.533. The minimum Gasteiger partial charge on any atom is -0.399 e. The molecule has 1 rings (SSSR count). The summed E-state index contributed by atoms with van der Waals surface area (Å²) in [7, 11) is 0. The zero-order valence-corrected chi connectivity index (χ0v) is 13.0. The average molecular weight is 299 g/mol. The second kappa shape index (κ2) is 8.12. The van der Waals surface area contributed by atoms with Gasteiger partial charge in [-0.05, 0) is 37.5 Å². The molecule has 0 aliphatic carbocycles. The number of hydrogen-bond acceptors (Lipinski definition) is 3. The van der Waals surface area contributed by atoms with Crippen molar-refractivity contribution in [2.45, 2.75) is 39.7 Å². The lowest BCUT2D eigenvalue weighted by Crippen LogP contribution is -2.18. The predicted octanol–water partition coefficient (Wildman–Crippen LogP) is 3.70. The lowest BCUT2D eigenvalue weighted by Gasteiger charge is -2.15. The van der Waals surface area contributed by atoms with Crippen molar-refractivity contribution in [1.29, 1.82) is 0 Å². The van der Waals surface area contributed by atoms with Gasteiger partial charge in [0.05, 0.1) is 29.8 Å². The standard InChI is InChI=1S/C15H23ClN2O2/c1-10(2)8-11(3)20-7-6-15(19)18-14-5-4-12(17)9-13(14)16/h4-5,9-11H,6-8,17H2,1-3H3,(H,18,19). The van der Waals surface area contributed by atoms with Crippen LogP contribution in [0.15, 0.2) is 18.2 Å². The van der Waals surface area contributed by atoms with Crippen LogP contribution in [0.5, 0.6) is 0 Å². The molecule has 1 aromatic rings. The molecule has 0 bridgehead atoms. The van der Waals surface area contributed by atoms with Gasteiger partial charge in [-0.1, -0.05) is 25.4 Å². The van der Waals surface area contributed by atoms with Gasteiger partial charge in [0, 0.05) is 5.69 Å². The average Bonchev–Trinajstić information content (AvgIpc) is 2.31. The Bertz CT molecular complexity index is 449. The van der Waals surface area contributed by atoms with E-state index in [1.54, 1.807) is 18.2 Å². The summed E-state index contributed by atoms with van der Waals surface area (Å²) in [6.45, 7) is 6.73. The lowest BCUT2D eigenvalue weighted by molar-refractivity contribution is -0.117. The maximum Gasteiger partial charge on any atom is 0.226 e. The number of halogens is 1. The van der Waals surface area contributed by atoms with Crippen molar-refractivity contribution >= 4 is 28.9 Å². The molecule has 0 radical (unpaired) electrons. The van der Waals surface area contributed by atoms with Crippen LogP contribution in [0.2, 0.25) is 5.02 Å². The summed E-state index contributed by atoms with van der Waals surface area (Å²) in [6, 6.07) is 5.00. The Labute approximate surface area is 125 Å². The van der Waals surface area contributed by atoms with Crippen molar-refractivity contribution in [3.8, 4) is 0 Å². The van der Waals surface area contributed by atoms with Gasteiger partial charge in [0.1, 0.15) is 0 Å². The molecule has 0 spiro atoms. The third-order valence-electron chi connectivity index (χ3n) is 2.80. The molecule has 0 aromatic heterocycles. The smallest absolute Gasteiger partial charge is 0.226 e. The molecule has 4 nitrogen and oxygen atoms in total. The highest BCUT2D eigenvalue weighted by molar-refractivity contribution is 6.34. The Balaban J connectivity index is 2.33. The number of rotatable bonds is 7. The monoisotopic (exact) mass is 298 g/mol. The zero-order valence-electron chi connectivity index (χ0n) is 12.3.